The van der Waals surface area contributed by atoms with Gasteiger partial charge in [-0.2, -0.15) is 39.5 Å². The van der Waals surface area contributed by atoms with Crippen LogP contribution in [0.15, 0.2) is 12.2 Å². The van der Waals surface area contributed by atoms with Gasteiger partial charge in [-0.25, -0.2) is 8.78 Å². The third kappa shape index (κ3) is 3.33. The van der Waals surface area contributed by atoms with Crippen molar-refractivity contribution in [1.29, 1.82) is 0 Å². The Bertz CT molecular complexity index is 350. The lowest BCUT2D eigenvalue weighted by molar-refractivity contribution is -0.416. The van der Waals surface area contributed by atoms with Crippen molar-refractivity contribution in [3.63, 3.8) is 0 Å². The lowest BCUT2D eigenvalue weighted by Crippen LogP contribution is -2.63. The molecule has 0 bridgehead atoms. The molecule has 0 aliphatic heterocycles. The normalized spacial score (nSPS) is 18.9. The van der Waals surface area contributed by atoms with Gasteiger partial charge in [-0.3, -0.25) is 0 Å². The molecule has 0 aromatic heterocycles. The van der Waals surface area contributed by atoms with Crippen molar-refractivity contribution in [2.75, 3.05) is 0 Å². The summed E-state index contributed by atoms with van der Waals surface area (Å²) in [6.45, 7) is 2.38. The molecule has 0 N–H and O–H groups in total. The average Bonchev–Trinajstić information content (AvgIpc) is 2.08. The van der Waals surface area contributed by atoms with Gasteiger partial charge in [0.15, 0.2) is 0 Å². The number of nitrogens with zero attached hydrogens (tertiary/aromatic N) is 1. The molecule has 2 atom stereocenters. The van der Waals surface area contributed by atoms with Gasteiger partial charge in [0.2, 0.25) is 6.30 Å². The van der Waals surface area contributed by atoms with Crippen molar-refractivity contribution in [1.82, 2.24) is 4.90 Å². The highest BCUT2D eigenvalue weighted by Crippen LogP contribution is 2.48. The number of halogens is 11. The number of rotatable bonds is 3. The van der Waals surface area contributed by atoms with Crippen LogP contribution in [0, 0.1) is 0 Å². The minimum atomic E-state index is -6.62. The van der Waals surface area contributed by atoms with Gasteiger partial charge < -0.3 is 0 Å². The molecular formula is C8H6F11N. The zero-order valence-corrected chi connectivity index (χ0v) is 9.39. The van der Waals surface area contributed by atoms with Gasteiger partial charge in [0.1, 0.15) is 0 Å². The van der Waals surface area contributed by atoms with Crippen LogP contribution >= 0.6 is 0 Å². The highest BCUT2D eigenvalue weighted by molar-refractivity contribution is 5.17. The van der Waals surface area contributed by atoms with E-state index >= 15 is 0 Å². The monoisotopic (exact) mass is 325 g/mol. The lowest BCUT2D eigenvalue weighted by atomic mass is 9.95. The maximum Gasteiger partial charge on any atom is 0.469 e. The summed E-state index contributed by atoms with van der Waals surface area (Å²) in [5, 5.41) is 0. The number of alkyl halides is 11. The quantitative estimate of drug-likeness (QED) is 0.420. The van der Waals surface area contributed by atoms with Crippen LogP contribution in [0.4, 0.5) is 48.3 Å². The molecule has 1 nitrogen and oxygen atoms in total. The second kappa shape index (κ2) is 5.04. The van der Waals surface area contributed by atoms with E-state index in [2.05, 4.69) is 6.58 Å². The van der Waals surface area contributed by atoms with E-state index < -0.39 is 41.2 Å². The van der Waals surface area contributed by atoms with Crippen molar-refractivity contribution >= 4 is 0 Å². The van der Waals surface area contributed by atoms with E-state index in [1.807, 2.05) is 0 Å². The summed E-state index contributed by atoms with van der Waals surface area (Å²) in [6.07, 6.45) is -24.7. The molecule has 0 saturated carbocycles. The average molecular weight is 325 g/mol. The van der Waals surface area contributed by atoms with Crippen LogP contribution in [0.3, 0.4) is 0 Å². The van der Waals surface area contributed by atoms with E-state index in [1.165, 1.54) is 0 Å². The van der Waals surface area contributed by atoms with Crippen LogP contribution in [0.25, 0.3) is 0 Å². The lowest BCUT2D eigenvalue weighted by Gasteiger charge is -2.38. The van der Waals surface area contributed by atoms with Crippen molar-refractivity contribution in [2.24, 2.45) is 0 Å². The van der Waals surface area contributed by atoms with E-state index in [-0.39, 0.29) is 6.92 Å². The second-order valence-electron chi connectivity index (χ2n) is 3.63. The Morgan fingerprint density at radius 3 is 1.30 bits per heavy atom. The molecule has 0 radical (unpaired) electrons. The maximum atomic E-state index is 13.5. The van der Waals surface area contributed by atoms with E-state index in [0.29, 0.717) is 0 Å². The van der Waals surface area contributed by atoms with Crippen molar-refractivity contribution in [3.8, 4) is 0 Å². The Labute approximate surface area is 104 Å². The molecule has 12 heteroatoms. The van der Waals surface area contributed by atoms with Crippen LogP contribution in [0.2, 0.25) is 0 Å². The molecule has 0 aliphatic rings. The van der Waals surface area contributed by atoms with Crippen LogP contribution in [0.1, 0.15) is 6.92 Å². The molecule has 0 aliphatic carbocycles. The van der Waals surface area contributed by atoms with Gasteiger partial charge >= 0.3 is 18.8 Å². The third-order valence-corrected chi connectivity index (χ3v) is 2.13. The molecule has 0 heterocycles. The van der Waals surface area contributed by atoms with E-state index in [0.717, 1.165) is 0 Å². The van der Waals surface area contributed by atoms with Gasteiger partial charge in [-0.1, -0.05) is 11.5 Å². The highest BCUT2D eigenvalue weighted by atomic mass is 19.4. The molecule has 0 spiro atoms. The van der Waals surface area contributed by atoms with Gasteiger partial charge in [-0.05, 0) is 12.5 Å². The Morgan fingerprint density at radius 2 is 1.15 bits per heavy atom. The van der Waals surface area contributed by atoms with Crippen LogP contribution < -0.4 is 0 Å². The first kappa shape index (κ1) is 18.9. The molecule has 0 amide bonds. The fourth-order valence-electron chi connectivity index (χ4n) is 1.16. The predicted molar refractivity (Wildman–Crippen MR) is 43.6 cm³/mol. The first-order valence-corrected chi connectivity index (χ1v) is 4.46. The molecule has 2 unspecified atom stereocenters. The summed E-state index contributed by atoms with van der Waals surface area (Å²) in [6, 6.07) is 0. The van der Waals surface area contributed by atoms with Gasteiger partial charge in [0.05, 0.1) is 0 Å². The zero-order valence-electron chi connectivity index (χ0n) is 9.39. The summed E-state index contributed by atoms with van der Waals surface area (Å²) in [7, 11) is 0. The summed E-state index contributed by atoms with van der Waals surface area (Å²) in [5.74, 6) is 0. The maximum absolute atomic E-state index is 13.5. The fourth-order valence-corrected chi connectivity index (χ4v) is 1.16. The summed E-state index contributed by atoms with van der Waals surface area (Å²) in [4.78, 5) is -3.11. The molecule has 0 fully saturated rings. The summed E-state index contributed by atoms with van der Waals surface area (Å²) < 4.78 is 136. The molecule has 120 valence electrons. The third-order valence-electron chi connectivity index (χ3n) is 2.13. The molecule has 0 saturated heterocycles. The van der Waals surface area contributed by atoms with Crippen molar-refractivity contribution in [3.05, 3.63) is 12.2 Å². The van der Waals surface area contributed by atoms with E-state index in [9.17, 15) is 48.3 Å². The van der Waals surface area contributed by atoms with Crippen LogP contribution in [-0.4, -0.2) is 35.6 Å². The molecule has 0 rings (SSSR count). The molecule has 0 aromatic carbocycles. The Morgan fingerprint density at radius 1 is 0.850 bits per heavy atom. The van der Waals surface area contributed by atoms with Crippen LogP contribution in [-0.2, 0) is 0 Å². The molecular weight excluding hydrogens is 319 g/mol. The first-order chi connectivity index (χ1) is 8.47. The minimum absolute atomic E-state index is 0.116. The first-order valence-electron chi connectivity index (χ1n) is 4.46. The minimum Gasteiger partial charge on any atom is -0.225 e. The molecule has 0 aromatic rings. The van der Waals surface area contributed by atoms with Crippen molar-refractivity contribution < 1.29 is 48.3 Å². The topological polar surface area (TPSA) is 3.24 Å². The number of hydrogen-bond acceptors (Lipinski definition) is 1. The number of hydrogen-bond donors (Lipinski definition) is 0. The summed E-state index contributed by atoms with van der Waals surface area (Å²) >= 11 is 0. The molecule has 20 heavy (non-hydrogen) atoms. The largest absolute Gasteiger partial charge is 0.469 e. The van der Waals surface area contributed by atoms with Crippen molar-refractivity contribution in [2.45, 2.75) is 37.7 Å². The highest BCUT2D eigenvalue weighted by Gasteiger charge is 2.71. The fraction of sp³-hybridized carbons (Fsp3) is 0.750. The Hall–Kier alpha value is -1.07. The van der Waals surface area contributed by atoms with Gasteiger partial charge in [-0.15, -0.1) is 0 Å². The Kier molecular flexibility index (Phi) is 4.77. The van der Waals surface area contributed by atoms with Gasteiger partial charge in [0.25, 0.3) is 5.67 Å². The summed E-state index contributed by atoms with van der Waals surface area (Å²) in [5.41, 5.74) is -7.44. The van der Waals surface area contributed by atoms with E-state index in [4.69, 9.17) is 0 Å². The predicted octanol–water partition coefficient (Wildman–Crippen LogP) is 4.47. The Balaban J connectivity index is 6.01. The zero-order chi connectivity index (χ0) is 16.7. The second-order valence-corrected chi connectivity index (χ2v) is 3.63. The standard InChI is InChI=1S/C8H6F11N/c1-3(2)5(10,6(11,12)13)4(9)20(7(14,15)16)8(17,18)19/h4H,1H2,2H3. The smallest absolute Gasteiger partial charge is 0.225 e. The SMILES string of the molecule is C=C(C)C(F)(C(F)N(C(F)(F)F)C(F)(F)F)C(F)(F)F. The van der Waals surface area contributed by atoms with Crippen LogP contribution in [0.5, 0.6) is 0 Å². The van der Waals surface area contributed by atoms with E-state index in [1.54, 1.807) is 0 Å². The van der Waals surface area contributed by atoms with Gasteiger partial charge in [0, 0.05) is 0 Å².